The number of fused-ring (bicyclic) bond motifs is 1. The van der Waals surface area contributed by atoms with Gasteiger partial charge in [-0.2, -0.15) is 5.10 Å². The van der Waals surface area contributed by atoms with Crippen molar-refractivity contribution >= 4 is 29.8 Å². The highest BCUT2D eigenvalue weighted by Gasteiger charge is 2.17. The molecule has 0 radical (unpaired) electrons. The minimum absolute atomic E-state index is 0.166. The highest BCUT2D eigenvalue weighted by atomic mass is 16.6. The summed E-state index contributed by atoms with van der Waals surface area (Å²) in [5.74, 6) is 1.33. The van der Waals surface area contributed by atoms with E-state index in [1.807, 2.05) is 67.5 Å². The molecule has 242 valence electrons. The zero-order valence-electron chi connectivity index (χ0n) is 26.7. The lowest BCUT2D eigenvalue weighted by molar-refractivity contribution is -0.143. The van der Waals surface area contributed by atoms with E-state index >= 15 is 0 Å². The summed E-state index contributed by atoms with van der Waals surface area (Å²) in [5.41, 5.74) is 2.80. The van der Waals surface area contributed by atoms with E-state index in [-0.39, 0.29) is 5.97 Å². The minimum atomic E-state index is -0.522. The van der Waals surface area contributed by atoms with Crippen LogP contribution in [0.3, 0.4) is 0 Å². The normalized spacial score (nSPS) is 14.3. The number of ether oxygens (including phenoxy) is 3. The Morgan fingerprint density at radius 3 is 2.64 bits per heavy atom. The van der Waals surface area contributed by atoms with Crippen molar-refractivity contribution < 1.29 is 23.8 Å². The van der Waals surface area contributed by atoms with E-state index in [0.717, 1.165) is 67.2 Å². The molecule has 0 saturated carbocycles. The van der Waals surface area contributed by atoms with Gasteiger partial charge in [-0.3, -0.25) is 9.48 Å². The highest BCUT2D eigenvalue weighted by Crippen LogP contribution is 2.21. The van der Waals surface area contributed by atoms with E-state index in [4.69, 9.17) is 19.2 Å². The van der Waals surface area contributed by atoms with Gasteiger partial charge in [-0.15, -0.1) is 5.10 Å². The molecule has 13 nitrogen and oxygen atoms in total. The lowest BCUT2D eigenvalue weighted by Crippen LogP contribution is -2.33. The quantitative estimate of drug-likeness (QED) is 0.198. The number of alkyl carbamates (subject to hydrolysis) is 1. The number of nitrogens with zero attached hydrogens (tertiary/aromatic N) is 7. The molecule has 1 aromatic carbocycles. The maximum atomic E-state index is 11.8. The lowest BCUT2D eigenvalue weighted by Gasteiger charge is -2.19. The van der Waals surface area contributed by atoms with Crippen molar-refractivity contribution in [2.75, 3.05) is 19.8 Å². The molecule has 0 aliphatic carbocycles. The second kappa shape index (κ2) is 16.5. The van der Waals surface area contributed by atoms with Crippen molar-refractivity contribution in [2.24, 2.45) is 9.98 Å². The van der Waals surface area contributed by atoms with Gasteiger partial charge in [-0.05, 0) is 90.5 Å². The third-order valence-corrected chi connectivity index (χ3v) is 6.73. The molecule has 45 heavy (non-hydrogen) atoms. The van der Waals surface area contributed by atoms with Crippen LogP contribution in [0, 0.1) is 0 Å². The Morgan fingerprint density at radius 2 is 1.87 bits per heavy atom. The molecular formula is C32H44N8O5. The Bertz CT molecular complexity index is 1450. The van der Waals surface area contributed by atoms with Crippen molar-refractivity contribution in [3.05, 3.63) is 48.0 Å². The molecule has 0 atom stereocenters. The number of carbonyl (C=O) groups excluding carboxylic acids is 2. The van der Waals surface area contributed by atoms with Crippen LogP contribution in [0.1, 0.15) is 84.0 Å². The fourth-order valence-corrected chi connectivity index (χ4v) is 4.61. The lowest BCUT2D eigenvalue weighted by atomic mass is 10.1. The summed E-state index contributed by atoms with van der Waals surface area (Å²) < 4.78 is 19.7. The SMILES string of the molecule is CCOC(=O)CCCCOc1ccc(N=C2CCCCc3c(nnn3-c3cnn(CCCNC(=O)OC(C)(C)C)c3)C=N2)cc1. The number of benzene rings is 1. The molecule has 4 rings (SSSR count). The Labute approximate surface area is 264 Å². The van der Waals surface area contributed by atoms with Gasteiger partial charge in [0.25, 0.3) is 0 Å². The molecule has 3 heterocycles. The Hall–Kier alpha value is -4.55. The standard InChI is InChI=1S/C32H44N8O5/c1-5-43-30(41)13-8-9-20-44-26-16-14-24(15-17-26)36-29-12-7-6-11-28-27(22-34-29)37-38-40(28)25-21-35-39(23-25)19-10-18-33-31(42)45-32(2,3)4/h14-17,21-23H,5-13,18-20H2,1-4H3,(H,33,42). The first-order valence-corrected chi connectivity index (χ1v) is 15.6. The van der Waals surface area contributed by atoms with Gasteiger partial charge >= 0.3 is 12.1 Å². The summed E-state index contributed by atoms with van der Waals surface area (Å²) >= 11 is 0. The number of aryl methyl sites for hydroxylation is 1. The van der Waals surface area contributed by atoms with Gasteiger partial charge < -0.3 is 19.5 Å². The Balaban J connectivity index is 1.30. The highest BCUT2D eigenvalue weighted by molar-refractivity contribution is 5.95. The van der Waals surface area contributed by atoms with Crippen LogP contribution in [-0.4, -0.2) is 74.2 Å². The van der Waals surface area contributed by atoms with Crippen LogP contribution >= 0.6 is 0 Å². The molecule has 0 bridgehead atoms. The Morgan fingerprint density at radius 1 is 1.07 bits per heavy atom. The smallest absolute Gasteiger partial charge is 0.407 e. The van der Waals surface area contributed by atoms with Crippen molar-refractivity contribution in [3.8, 4) is 11.4 Å². The van der Waals surface area contributed by atoms with Gasteiger partial charge in [-0.25, -0.2) is 19.5 Å². The zero-order valence-corrected chi connectivity index (χ0v) is 26.7. The van der Waals surface area contributed by atoms with Crippen LogP contribution in [0.5, 0.6) is 5.75 Å². The molecule has 0 fully saturated rings. The third kappa shape index (κ3) is 11.1. The van der Waals surface area contributed by atoms with Crippen LogP contribution in [0.4, 0.5) is 10.5 Å². The van der Waals surface area contributed by atoms with E-state index in [2.05, 4.69) is 25.7 Å². The number of unbranched alkanes of at least 4 members (excludes halogenated alkanes) is 1. The summed E-state index contributed by atoms with van der Waals surface area (Å²) in [4.78, 5) is 32.7. The van der Waals surface area contributed by atoms with Crippen molar-refractivity contribution in [1.29, 1.82) is 0 Å². The third-order valence-electron chi connectivity index (χ3n) is 6.73. The maximum absolute atomic E-state index is 11.8. The molecular weight excluding hydrogens is 576 g/mol. The molecule has 0 saturated heterocycles. The Kier molecular flexibility index (Phi) is 12.2. The number of carbonyl (C=O) groups is 2. The summed E-state index contributed by atoms with van der Waals surface area (Å²) in [6, 6.07) is 7.61. The second-order valence-corrected chi connectivity index (χ2v) is 11.7. The van der Waals surface area contributed by atoms with Crippen molar-refractivity contribution in [2.45, 2.75) is 91.2 Å². The number of aliphatic imine (C=N–C) groups is 2. The van der Waals surface area contributed by atoms with Crippen LogP contribution in [0.15, 0.2) is 46.6 Å². The molecule has 2 aromatic heterocycles. The first-order chi connectivity index (χ1) is 21.7. The molecule has 1 aliphatic heterocycles. The monoisotopic (exact) mass is 620 g/mol. The van der Waals surface area contributed by atoms with Crippen LogP contribution in [0.25, 0.3) is 5.69 Å². The fourth-order valence-electron chi connectivity index (χ4n) is 4.61. The van der Waals surface area contributed by atoms with Gasteiger partial charge in [0.2, 0.25) is 0 Å². The number of hydrogen-bond acceptors (Lipinski definition) is 9. The summed E-state index contributed by atoms with van der Waals surface area (Å²) in [6.07, 6.45) is 11.1. The number of aromatic nitrogens is 5. The number of esters is 1. The molecule has 1 N–H and O–H groups in total. The molecule has 0 spiro atoms. The van der Waals surface area contributed by atoms with E-state index in [0.29, 0.717) is 44.8 Å². The summed E-state index contributed by atoms with van der Waals surface area (Å²) in [5, 5.41) is 16.0. The average molecular weight is 621 g/mol. The molecule has 1 aliphatic rings. The summed E-state index contributed by atoms with van der Waals surface area (Å²) in [6.45, 7) is 9.39. The zero-order chi connectivity index (χ0) is 32.1. The molecule has 0 unspecified atom stereocenters. The topological polar surface area (TPSA) is 147 Å². The maximum Gasteiger partial charge on any atom is 0.407 e. The van der Waals surface area contributed by atoms with Gasteiger partial charge in [0.1, 0.15) is 28.6 Å². The predicted octanol–water partition coefficient (Wildman–Crippen LogP) is 5.37. The second-order valence-electron chi connectivity index (χ2n) is 11.7. The summed E-state index contributed by atoms with van der Waals surface area (Å²) in [7, 11) is 0. The first kappa shape index (κ1) is 33.3. The van der Waals surface area contributed by atoms with Crippen molar-refractivity contribution in [1.82, 2.24) is 30.1 Å². The van der Waals surface area contributed by atoms with E-state index in [1.165, 1.54) is 0 Å². The number of amides is 1. The minimum Gasteiger partial charge on any atom is -0.494 e. The number of nitrogens with one attached hydrogen (secondary N) is 1. The number of rotatable bonds is 13. The van der Waals surface area contributed by atoms with Crippen LogP contribution < -0.4 is 10.1 Å². The van der Waals surface area contributed by atoms with E-state index in [9.17, 15) is 9.59 Å². The van der Waals surface area contributed by atoms with Gasteiger partial charge in [-0.1, -0.05) is 5.21 Å². The first-order valence-electron chi connectivity index (χ1n) is 15.6. The number of hydrogen-bond donors (Lipinski definition) is 1. The molecule has 3 aromatic rings. The van der Waals surface area contributed by atoms with Crippen LogP contribution in [-0.2, 0) is 27.2 Å². The van der Waals surface area contributed by atoms with E-state index in [1.54, 1.807) is 12.4 Å². The number of amidine groups is 1. The molecule has 1 amide bonds. The predicted molar refractivity (Wildman–Crippen MR) is 171 cm³/mol. The van der Waals surface area contributed by atoms with E-state index < -0.39 is 11.7 Å². The van der Waals surface area contributed by atoms with Gasteiger partial charge in [0, 0.05) is 25.9 Å². The largest absolute Gasteiger partial charge is 0.494 e. The van der Waals surface area contributed by atoms with Crippen molar-refractivity contribution in [3.63, 3.8) is 0 Å². The van der Waals surface area contributed by atoms with Gasteiger partial charge in [0.05, 0.1) is 43.2 Å². The van der Waals surface area contributed by atoms with Crippen LogP contribution in [0.2, 0.25) is 0 Å². The van der Waals surface area contributed by atoms with Gasteiger partial charge in [0.15, 0.2) is 0 Å². The average Bonchev–Trinajstić information content (AvgIpc) is 3.64. The molecule has 13 heteroatoms. The fraction of sp³-hybridized carbons (Fsp3) is 0.531.